The number of carbonyl (C=O) groups excluding carboxylic acids is 1. The Morgan fingerprint density at radius 1 is 1.50 bits per heavy atom. The minimum Gasteiger partial charge on any atom is -0.368 e. The Morgan fingerprint density at radius 3 is 2.43 bits per heavy atom. The molecule has 4 N–H and O–H groups in total. The third-order valence-electron chi connectivity index (χ3n) is 1.80. The largest absolute Gasteiger partial charge is 0.368 e. The van der Waals surface area contributed by atoms with Crippen molar-refractivity contribution in [3.8, 4) is 0 Å². The number of rotatable bonds is 5. The summed E-state index contributed by atoms with van der Waals surface area (Å²) in [4.78, 5) is 11.0. The molecule has 0 spiro atoms. The molecular formula is C9H19N3OS. The molecule has 4 nitrogen and oxygen atoms in total. The number of nitrogens with two attached hydrogens (primary N) is 1. The predicted octanol–water partition coefficient (Wildman–Crippen LogP) is 0.370. The van der Waals surface area contributed by atoms with Crippen LogP contribution in [-0.4, -0.2) is 23.6 Å². The van der Waals surface area contributed by atoms with Gasteiger partial charge in [0, 0.05) is 6.54 Å². The molecule has 14 heavy (non-hydrogen) atoms. The first-order chi connectivity index (χ1) is 6.49. The Hall–Kier alpha value is -0.840. The summed E-state index contributed by atoms with van der Waals surface area (Å²) in [5.41, 5.74) is 5.23. The smallest absolute Gasteiger partial charge is 0.240 e. The lowest BCUT2D eigenvalue weighted by Crippen LogP contribution is -2.51. The standard InChI is InChI=1S/C9H19N3OS/c1-4-5-11-9(14)12-7(6(2)3)8(10)13/h6-7H,4-5H2,1-3H3,(H2,10,13)(H2,11,12,14). The van der Waals surface area contributed by atoms with Crippen LogP contribution in [0.2, 0.25) is 0 Å². The fourth-order valence-electron chi connectivity index (χ4n) is 0.997. The SMILES string of the molecule is CCCNC(=S)NC(C(N)=O)C(C)C. The van der Waals surface area contributed by atoms with E-state index < -0.39 is 6.04 Å². The Balaban J connectivity index is 4.04. The molecule has 0 aliphatic heterocycles. The van der Waals surface area contributed by atoms with E-state index in [9.17, 15) is 4.79 Å². The molecule has 82 valence electrons. The third kappa shape index (κ3) is 5.01. The van der Waals surface area contributed by atoms with Gasteiger partial charge in [-0.15, -0.1) is 0 Å². The number of hydrogen-bond donors (Lipinski definition) is 3. The van der Waals surface area contributed by atoms with Gasteiger partial charge in [0.1, 0.15) is 6.04 Å². The van der Waals surface area contributed by atoms with E-state index >= 15 is 0 Å². The maximum Gasteiger partial charge on any atom is 0.240 e. The zero-order valence-electron chi connectivity index (χ0n) is 8.96. The summed E-state index contributed by atoms with van der Waals surface area (Å²) in [6, 6.07) is -0.396. The first kappa shape index (κ1) is 13.2. The van der Waals surface area contributed by atoms with Crippen LogP contribution in [0.15, 0.2) is 0 Å². The van der Waals surface area contributed by atoms with Crippen LogP contribution in [0.3, 0.4) is 0 Å². The van der Waals surface area contributed by atoms with Crippen molar-refractivity contribution in [2.75, 3.05) is 6.54 Å². The van der Waals surface area contributed by atoms with Gasteiger partial charge in [0.25, 0.3) is 0 Å². The summed E-state index contributed by atoms with van der Waals surface area (Å²) in [5, 5.41) is 6.37. The van der Waals surface area contributed by atoms with Crippen molar-refractivity contribution in [2.24, 2.45) is 11.7 Å². The molecule has 0 rings (SSSR count). The van der Waals surface area contributed by atoms with E-state index in [4.69, 9.17) is 18.0 Å². The van der Waals surface area contributed by atoms with Gasteiger partial charge in [-0.3, -0.25) is 4.79 Å². The van der Waals surface area contributed by atoms with Crippen LogP contribution in [-0.2, 0) is 4.79 Å². The topological polar surface area (TPSA) is 67.2 Å². The minimum atomic E-state index is -0.396. The highest BCUT2D eigenvalue weighted by atomic mass is 32.1. The van der Waals surface area contributed by atoms with E-state index in [1.54, 1.807) is 0 Å². The Kier molecular flexibility index (Phi) is 6.19. The van der Waals surface area contributed by atoms with Crippen LogP contribution in [0.5, 0.6) is 0 Å². The third-order valence-corrected chi connectivity index (χ3v) is 2.06. The highest BCUT2D eigenvalue weighted by Gasteiger charge is 2.19. The van der Waals surface area contributed by atoms with Gasteiger partial charge in [-0.1, -0.05) is 20.8 Å². The van der Waals surface area contributed by atoms with E-state index in [0.717, 1.165) is 13.0 Å². The zero-order chi connectivity index (χ0) is 11.1. The van der Waals surface area contributed by atoms with Crippen LogP contribution in [0.25, 0.3) is 0 Å². The van der Waals surface area contributed by atoms with Crippen LogP contribution in [0, 0.1) is 5.92 Å². The van der Waals surface area contributed by atoms with Crippen molar-refractivity contribution < 1.29 is 4.79 Å². The Bertz CT molecular complexity index is 206. The highest BCUT2D eigenvalue weighted by Crippen LogP contribution is 2.00. The van der Waals surface area contributed by atoms with E-state index in [0.29, 0.717) is 5.11 Å². The lowest BCUT2D eigenvalue weighted by molar-refractivity contribution is -0.120. The molecule has 0 saturated carbocycles. The molecule has 0 heterocycles. The minimum absolute atomic E-state index is 0.133. The molecule has 0 aromatic carbocycles. The van der Waals surface area contributed by atoms with Crippen molar-refractivity contribution in [3.63, 3.8) is 0 Å². The molecule has 0 radical (unpaired) electrons. The van der Waals surface area contributed by atoms with Crippen LogP contribution >= 0.6 is 12.2 Å². The molecule has 5 heteroatoms. The van der Waals surface area contributed by atoms with Gasteiger partial charge in [0.2, 0.25) is 5.91 Å². The van der Waals surface area contributed by atoms with E-state index in [1.807, 2.05) is 20.8 Å². The van der Waals surface area contributed by atoms with Crippen molar-refractivity contribution in [2.45, 2.75) is 33.2 Å². The second kappa shape index (κ2) is 6.59. The molecule has 0 aromatic rings. The second-order valence-electron chi connectivity index (χ2n) is 3.52. The van der Waals surface area contributed by atoms with Gasteiger partial charge in [-0.25, -0.2) is 0 Å². The van der Waals surface area contributed by atoms with Crippen molar-refractivity contribution in [1.29, 1.82) is 0 Å². The first-order valence-electron chi connectivity index (χ1n) is 4.82. The first-order valence-corrected chi connectivity index (χ1v) is 5.23. The number of hydrogen-bond acceptors (Lipinski definition) is 2. The summed E-state index contributed by atoms with van der Waals surface area (Å²) in [6.07, 6.45) is 0.991. The van der Waals surface area contributed by atoms with E-state index in [1.165, 1.54) is 0 Å². The second-order valence-corrected chi connectivity index (χ2v) is 3.93. The molecule has 0 bridgehead atoms. The number of thiocarbonyl (C=S) groups is 1. The average molecular weight is 217 g/mol. The maximum absolute atomic E-state index is 11.0. The van der Waals surface area contributed by atoms with Crippen molar-refractivity contribution >= 4 is 23.2 Å². The molecule has 1 amide bonds. The molecule has 0 aliphatic carbocycles. The molecule has 0 aromatic heterocycles. The van der Waals surface area contributed by atoms with Gasteiger partial charge >= 0.3 is 0 Å². The van der Waals surface area contributed by atoms with Crippen molar-refractivity contribution in [1.82, 2.24) is 10.6 Å². The summed E-state index contributed by atoms with van der Waals surface area (Å²) in [6.45, 7) is 6.69. The average Bonchev–Trinajstić information content (AvgIpc) is 2.09. The van der Waals surface area contributed by atoms with Crippen LogP contribution < -0.4 is 16.4 Å². The summed E-state index contributed by atoms with van der Waals surface area (Å²) in [7, 11) is 0. The van der Waals surface area contributed by atoms with Crippen LogP contribution in [0.4, 0.5) is 0 Å². The fourth-order valence-corrected chi connectivity index (χ4v) is 1.23. The van der Waals surface area contributed by atoms with Gasteiger partial charge in [0.15, 0.2) is 5.11 Å². The van der Waals surface area contributed by atoms with E-state index in [-0.39, 0.29) is 11.8 Å². The normalized spacial score (nSPS) is 12.3. The molecule has 1 atom stereocenters. The summed E-state index contributed by atoms with van der Waals surface area (Å²) >= 11 is 5.00. The van der Waals surface area contributed by atoms with E-state index in [2.05, 4.69) is 10.6 Å². The number of nitrogens with one attached hydrogen (secondary N) is 2. The predicted molar refractivity (Wildman–Crippen MR) is 61.8 cm³/mol. The van der Waals surface area contributed by atoms with Gasteiger partial charge in [-0.2, -0.15) is 0 Å². The molecule has 0 saturated heterocycles. The zero-order valence-corrected chi connectivity index (χ0v) is 9.78. The quantitative estimate of drug-likeness (QED) is 0.582. The molecule has 0 aliphatic rings. The Labute approximate surface area is 90.6 Å². The lowest BCUT2D eigenvalue weighted by Gasteiger charge is -2.20. The molecular weight excluding hydrogens is 198 g/mol. The van der Waals surface area contributed by atoms with Crippen molar-refractivity contribution in [3.05, 3.63) is 0 Å². The van der Waals surface area contributed by atoms with Crippen LogP contribution in [0.1, 0.15) is 27.2 Å². The molecule has 0 fully saturated rings. The van der Waals surface area contributed by atoms with Gasteiger partial charge in [0.05, 0.1) is 0 Å². The van der Waals surface area contributed by atoms with Gasteiger partial charge in [-0.05, 0) is 24.6 Å². The monoisotopic (exact) mass is 217 g/mol. The lowest BCUT2D eigenvalue weighted by atomic mass is 10.0. The maximum atomic E-state index is 11.0. The molecule has 1 unspecified atom stereocenters. The summed E-state index contributed by atoms with van der Waals surface area (Å²) in [5.74, 6) is -0.241. The Morgan fingerprint density at radius 2 is 2.07 bits per heavy atom. The number of carbonyl (C=O) groups is 1. The van der Waals surface area contributed by atoms with Gasteiger partial charge < -0.3 is 16.4 Å². The fraction of sp³-hybridized carbons (Fsp3) is 0.778. The number of amides is 1. The number of primary amides is 1. The highest BCUT2D eigenvalue weighted by molar-refractivity contribution is 7.80. The summed E-state index contributed by atoms with van der Waals surface area (Å²) < 4.78 is 0.